The second kappa shape index (κ2) is 10.1. The van der Waals surface area contributed by atoms with E-state index in [-0.39, 0.29) is 41.5 Å². The largest absolute Gasteiger partial charge is 0.504 e. The highest BCUT2D eigenvalue weighted by atomic mass is 16.5. The quantitative estimate of drug-likeness (QED) is 0.421. The zero-order chi connectivity index (χ0) is 27.3. The predicted octanol–water partition coefficient (Wildman–Crippen LogP) is 4.41. The van der Waals surface area contributed by atoms with Crippen LogP contribution in [0.3, 0.4) is 0 Å². The average molecular weight is 537 g/mol. The molecule has 9 nitrogen and oxygen atoms in total. The molecule has 39 heavy (non-hydrogen) atoms. The molecule has 3 aliphatic rings. The zero-order valence-corrected chi connectivity index (χ0v) is 22.0. The molecule has 2 fully saturated rings. The smallest absolute Gasteiger partial charge is 0.200 e. The van der Waals surface area contributed by atoms with Gasteiger partial charge in [-0.05, 0) is 47.0 Å². The number of methoxy groups -OCH3 is 3. The lowest BCUT2D eigenvalue weighted by Gasteiger charge is -2.31. The standard InChI is InChI=1S/C30H32O9/c1-34-24-8-15(5-7-22(24)31)19-12-37-23-9-16(4-6-18(23)27(19)32)29-20-13-39-30(21(20)14-38-29)17-10-25(35-2)28(33)26(11-17)36-3/h4-11,19-21,27,29-33H,12-14H2,1-3H3/t19-,20-,21-,27+,29+,30+/m1/s1. The minimum Gasteiger partial charge on any atom is -0.504 e. The minimum absolute atomic E-state index is 0.0399. The summed E-state index contributed by atoms with van der Waals surface area (Å²) in [5.41, 5.74) is 3.38. The maximum atomic E-state index is 11.2. The topological polar surface area (TPSA) is 116 Å². The van der Waals surface area contributed by atoms with Crippen LogP contribution in [0.15, 0.2) is 48.5 Å². The molecule has 0 amide bonds. The molecule has 0 aliphatic carbocycles. The van der Waals surface area contributed by atoms with Crippen LogP contribution in [0.4, 0.5) is 0 Å². The van der Waals surface area contributed by atoms with Gasteiger partial charge < -0.3 is 43.7 Å². The van der Waals surface area contributed by atoms with Gasteiger partial charge in [0.15, 0.2) is 23.0 Å². The fraction of sp³-hybridized carbons (Fsp3) is 0.400. The highest BCUT2D eigenvalue weighted by Crippen LogP contribution is 2.53. The molecule has 0 saturated carbocycles. The number of hydrogen-bond acceptors (Lipinski definition) is 9. The maximum absolute atomic E-state index is 11.2. The van der Waals surface area contributed by atoms with Gasteiger partial charge in [0.1, 0.15) is 5.75 Å². The molecule has 206 valence electrons. The van der Waals surface area contributed by atoms with Crippen LogP contribution in [-0.4, -0.2) is 56.5 Å². The summed E-state index contributed by atoms with van der Waals surface area (Å²) in [7, 11) is 4.50. The van der Waals surface area contributed by atoms with Crippen molar-refractivity contribution in [2.75, 3.05) is 41.2 Å². The summed E-state index contributed by atoms with van der Waals surface area (Å²) in [6, 6.07) is 14.5. The first-order chi connectivity index (χ1) is 18.9. The molecule has 6 atom stereocenters. The van der Waals surface area contributed by atoms with Crippen molar-refractivity contribution in [3.8, 4) is 34.5 Å². The molecule has 2 saturated heterocycles. The molecule has 9 heteroatoms. The van der Waals surface area contributed by atoms with Gasteiger partial charge in [-0.2, -0.15) is 0 Å². The molecule has 3 aromatic carbocycles. The molecule has 0 aromatic heterocycles. The number of fused-ring (bicyclic) bond motifs is 2. The lowest BCUT2D eigenvalue weighted by molar-refractivity contribution is 0.0189. The van der Waals surface area contributed by atoms with Crippen LogP contribution in [0, 0.1) is 11.8 Å². The van der Waals surface area contributed by atoms with Crippen molar-refractivity contribution in [3.63, 3.8) is 0 Å². The molecular weight excluding hydrogens is 504 g/mol. The predicted molar refractivity (Wildman–Crippen MR) is 140 cm³/mol. The van der Waals surface area contributed by atoms with Crippen molar-refractivity contribution in [2.24, 2.45) is 11.8 Å². The first-order valence-corrected chi connectivity index (χ1v) is 12.9. The summed E-state index contributed by atoms with van der Waals surface area (Å²) < 4.78 is 34.6. The van der Waals surface area contributed by atoms with E-state index in [1.165, 1.54) is 21.3 Å². The number of aromatic hydroxyl groups is 2. The van der Waals surface area contributed by atoms with Gasteiger partial charge in [-0.15, -0.1) is 0 Å². The third kappa shape index (κ3) is 4.30. The van der Waals surface area contributed by atoms with Gasteiger partial charge in [-0.25, -0.2) is 0 Å². The van der Waals surface area contributed by atoms with E-state index >= 15 is 0 Å². The Balaban J connectivity index is 1.22. The summed E-state index contributed by atoms with van der Waals surface area (Å²) >= 11 is 0. The van der Waals surface area contributed by atoms with Crippen molar-refractivity contribution >= 4 is 0 Å². The molecule has 3 aromatic rings. The fourth-order valence-electron chi connectivity index (χ4n) is 6.10. The van der Waals surface area contributed by atoms with Crippen LogP contribution in [0.25, 0.3) is 0 Å². The van der Waals surface area contributed by atoms with Crippen molar-refractivity contribution in [3.05, 3.63) is 70.8 Å². The number of benzene rings is 3. The van der Waals surface area contributed by atoms with Gasteiger partial charge in [0.05, 0.1) is 59.5 Å². The Morgan fingerprint density at radius 1 is 0.692 bits per heavy atom. The molecule has 3 aliphatic heterocycles. The molecule has 0 radical (unpaired) electrons. The van der Waals surface area contributed by atoms with Crippen molar-refractivity contribution < 1.29 is 43.7 Å². The minimum atomic E-state index is -0.770. The number of rotatable bonds is 6. The van der Waals surface area contributed by atoms with Crippen LogP contribution in [0.5, 0.6) is 34.5 Å². The Kier molecular flexibility index (Phi) is 6.66. The van der Waals surface area contributed by atoms with Crippen molar-refractivity contribution in [1.82, 2.24) is 0 Å². The Morgan fingerprint density at radius 2 is 1.28 bits per heavy atom. The highest BCUT2D eigenvalue weighted by molar-refractivity contribution is 5.53. The van der Waals surface area contributed by atoms with Gasteiger partial charge in [-0.3, -0.25) is 0 Å². The van der Waals surface area contributed by atoms with Gasteiger partial charge in [0, 0.05) is 23.3 Å². The monoisotopic (exact) mass is 536 g/mol. The van der Waals surface area contributed by atoms with Crippen LogP contribution in [-0.2, 0) is 9.47 Å². The Morgan fingerprint density at radius 3 is 1.92 bits per heavy atom. The normalized spacial score (nSPS) is 27.4. The third-order valence-corrected chi connectivity index (χ3v) is 8.21. The number of hydrogen-bond donors (Lipinski definition) is 3. The van der Waals surface area contributed by atoms with Gasteiger partial charge in [0.25, 0.3) is 0 Å². The zero-order valence-electron chi connectivity index (χ0n) is 22.0. The van der Waals surface area contributed by atoms with Crippen molar-refractivity contribution in [2.45, 2.75) is 24.2 Å². The lowest BCUT2D eigenvalue weighted by Crippen LogP contribution is -2.24. The molecule has 3 heterocycles. The number of phenols is 2. The summed E-state index contributed by atoms with van der Waals surface area (Å²) in [5, 5.41) is 31.4. The lowest BCUT2D eigenvalue weighted by atomic mass is 9.83. The van der Waals surface area contributed by atoms with Crippen LogP contribution in [0.2, 0.25) is 0 Å². The first kappa shape index (κ1) is 25.6. The van der Waals surface area contributed by atoms with Crippen molar-refractivity contribution in [1.29, 1.82) is 0 Å². The van der Waals surface area contributed by atoms with E-state index in [0.29, 0.717) is 48.4 Å². The summed E-state index contributed by atoms with van der Waals surface area (Å²) in [6.45, 7) is 1.34. The van der Waals surface area contributed by atoms with E-state index in [1.54, 1.807) is 30.3 Å². The number of aliphatic hydroxyl groups excluding tert-OH is 1. The maximum Gasteiger partial charge on any atom is 0.200 e. The second-order valence-electron chi connectivity index (χ2n) is 10.2. The van der Waals surface area contributed by atoms with E-state index in [9.17, 15) is 15.3 Å². The Bertz CT molecular complexity index is 1350. The van der Waals surface area contributed by atoms with Crippen LogP contribution < -0.4 is 18.9 Å². The molecular formula is C30H32O9. The SMILES string of the molecule is COc1cc([C@H]2COc3cc([C@@H]4OC[C@@H]5[C@H]4CO[C@H]5c4cc(OC)c(O)c(OC)c4)ccc3[C@@H]2O)ccc1O. The van der Waals surface area contributed by atoms with Gasteiger partial charge in [0.2, 0.25) is 5.75 Å². The highest BCUT2D eigenvalue weighted by Gasteiger charge is 2.48. The molecule has 6 rings (SSSR count). The van der Waals surface area contributed by atoms with E-state index in [4.69, 9.17) is 28.4 Å². The Hall–Kier alpha value is -3.66. The van der Waals surface area contributed by atoms with Crippen LogP contribution in [0.1, 0.15) is 46.5 Å². The number of phenolic OH excluding ortho intramolecular Hbond substituents is 2. The van der Waals surface area contributed by atoms with Crippen LogP contribution >= 0.6 is 0 Å². The summed E-state index contributed by atoms with van der Waals surface area (Å²) in [5.74, 6) is 1.62. The molecule has 0 unspecified atom stereocenters. The Labute approximate surface area is 226 Å². The van der Waals surface area contributed by atoms with E-state index in [1.807, 2.05) is 18.2 Å². The summed E-state index contributed by atoms with van der Waals surface area (Å²) in [4.78, 5) is 0. The van der Waals surface area contributed by atoms with E-state index in [2.05, 4.69) is 0 Å². The first-order valence-electron chi connectivity index (χ1n) is 12.9. The number of ether oxygens (including phenoxy) is 6. The van der Waals surface area contributed by atoms with E-state index < -0.39 is 6.10 Å². The average Bonchev–Trinajstić information content (AvgIpc) is 3.56. The molecule has 0 bridgehead atoms. The number of aliphatic hydroxyl groups is 1. The fourth-order valence-corrected chi connectivity index (χ4v) is 6.10. The van der Waals surface area contributed by atoms with Gasteiger partial charge in [-0.1, -0.05) is 18.2 Å². The summed E-state index contributed by atoms with van der Waals surface area (Å²) in [6.07, 6.45) is -1.17. The van der Waals surface area contributed by atoms with Gasteiger partial charge >= 0.3 is 0 Å². The molecule has 3 N–H and O–H groups in total. The third-order valence-electron chi connectivity index (χ3n) is 8.21. The molecule has 0 spiro atoms. The second-order valence-corrected chi connectivity index (χ2v) is 10.2. The van der Waals surface area contributed by atoms with E-state index in [0.717, 1.165) is 16.7 Å².